The van der Waals surface area contributed by atoms with Crippen LogP contribution >= 0.6 is 0 Å². The average molecular weight is 387 g/mol. The Morgan fingerprint density at radius 1 is 1.18 bits per heavy atom. The molecule has 1 heterocycles. The molecule has 28 heavy (non-hydrogen) atoms. The molecule has 2 aliphatic carbocycles. The van der Waals surface area contributed by atoms with Gasteiger partial charge < -0.3 is 20.5 Å². The summed E-state index contributed by atoms with van der Waals surface area (Å²) in [4.78, 5) is 12.9. The van der Waals surface area contributed by atoms with Crippen molar-refractivity contribution in [2.75, 3.05) is 25.1 Å². The van der Waals surface area contributed by atoms with Crippen molar-refractivity contribution in [3.63, 3.8) is 0 Å². The Hall–Kier alpha value is -1.59. The molecule has 5 nitrogen and oxygen atoms in total. The van der Waals surface area contributed by atoms with Gasteiger partial charge in [0.15, 0.2) is 0 Å². The normalized spacial score (nSPS) is 30.6. The van der Waals surface area contributed by atoms with Gasteiger partial charge in [0.1, 0.15) is 5.75 Å². The van der Waals surface area contributed by atoms with Gasteiger partial charge in [0.05, 0.1) is 6.61 Å². The van der Waals surface area contributed by atoms with Crippen molar-refractivity contribution < 1.29 is 14.3 Å². The van der Waals surface area contributed by atoms with Crippen LogP contribution in [0.3, 0.4) is 0 Å². The summed E-state index contributed by atoms with van der Waals surface area (Å²) in [5, 5.41) is 3.14. The third kappa shape index (κ3) is 4.52. The van der Waals surface area contributed by atoms with Crippen molar-refractivity contribution in [3.8, 4) is 5.75 Å². The van der Waals surface area contributed by atoms with Crippen LogP contribution in [0.4, 0.5) is 5.69 Å². The van der Waals surface area contributed by atoms with E-state index in [4.69, 9.17) is 15.2 Å². The molecular formula is C23H34N2O3. The molecule has 1 saturated heterocycles. The van der Waals surface area contributed by atoms with Gasteiger partial charge in [-0.3, -0.25) is 4.79 Å². The van der Waals surface area contributed by atoms with Crippen molar-refractivity contribution in [3.05, 3.63) is 23.8 Å². The molecule has 2 atom stereocenters. The van der Waals surface area contributed by atoms with E-state index in [1.54, 1.807) is 0 Å². The number of fused-ring (bicyclic) bond motifs is 2. The van der Waals surface area contributed by atoms with Gasteiger partial charge in [0, 0.05) is 36.9 Å². The van der Waals surface area contributed by atoms with Crippen LogP contribution in [-0.2, 0) is 9.53 Å². The number of rotatable bonds is 5. The zero-order chi connectivity index (χ0) is 19.5. The lowest BCUT2D eigenvalue weighted by Gasteiger charge is -2.43. The van der Waals surface area contributed by atoms with Gasteiger partial charge in [-0.1, -0.05) is 12.5 Å². The number of nitrogens with two attached hydrogens (primary N) is 1. The van der Waals surface area contributed by atoms with Gasteiger partial charge in [0.2, 0.25) is 5.91 Å². The van der Waals surface area contributed by atoms with Gasteiger partial charge in [-0.05, 0) is 74.8 Å². The molecule has 3 N–H and O–H groups in total. The fourth-order valence-corrected chi connectivity index (χ4v) is 5.20. The van der Waals surface area contributed by atoms with Crippen LogP contribution in [0.1, 0.15) is 50.5 Å². The number of aryl methyl sites for hydroxylation is 1. The number of hydrogen-bond acceptors (Lipinski definition) is 4. The van der Waals surface area contributed by atoms with E-state index in [0.717, 1.165) is 55.9 Å². The second-order valence-corrected chi connectivity index (χ2v) is 9.03. The van der Waals surface area contributed by atoms with Crippen molar-refractivity contribution in [2.24, 2.45) is 29.4 Å². The van der Waals surface area contributed by atoms with Crippen molar-refractivity contribution in [2.45, 2.75) is 57.9 Å². The van der Waals surface area contributed by atoms with E-state index < -0.39 is 0 Å². The van der Waals surface area contributed by atoms with Crippen LogP contribution < -0.4 is 15.8 Å². The highest BCUT2D eigenvalue weighted by Crippen LogP contribution is 2.42. The summed E-state index contributed by atoms with van der Waals surface area (Å²) >= 11 is 0. The van der Waals surface area contributed by atoms with Gasteiger partial charge in [-0.2, -0.15) is 0 Å². The first-order chi connectivity index (χ1) is 13.6. The van der Waals surface area contributed by atoms with E-state index in [0.29, 0.717) is 30.4 Å². The Balaban J connectivity index is 1.35. The molecule has 0 radical (unpaired) electrons. The maximum absolute atomic E-state index is 12.9. The maximum atomic E-state index is 12.9. The molecule has 2 saturated carbocycles. The number of amides is 1. The summed E-state index contributed by atoms with van der Waals surface area (Å²) in [7, 11) is 0. The summed E-state index contributed by atoms with van der Waals surface area (Å²) in [5.41, 5.74) is 8.31. The maximum Gasteiger partial charge on any atom is 0.227 e. The molecule has 3 fully saturated rings. The van der Waals surface area contributed by atoms with Gasteiger partial charge in [-0.15, -0.1) is 0 Å². The van der Waals surface area contributed by atoms with E-state index in [1.807, 2.05) is 18.2 Å². The topological polar surface area (TPSA) is 73.6 Å². The predicted octanol–water partition coefficient (Wildman–Crippen LogP) is 3.89. The first-order valence-corrected chi connectivity index (χ1v) is 11.0. The molecule has 4 rings (SSSR count). The first-order valence-electron chi connectivity index (χ1n) is 11.0. The third-order valence-corrected chi connectivity index (χ3v) is 7.05. The van der Waals surface area contributed by atoms with Crippen molar-refractivity contribution in [1.82, 2.24) is 0 Å². The fourth-order valence-electron chi connectivity index (χ4n) is 5.20. The molecule has 3 aliphatic rings. The fraction of sp³-hybridized carbons (Fsp3) is 0.696. The van der Waals surface area contributed by atoms with Crippen LogP contribution in [0.5, 0.6) is 5.75 Å². The van der Waals surface area contributed by atoms with E-state index in [1.165, 1.54) is 19.3 Å². The summed E-state index contributed by atoms with van der Waals surface area (Å²) in [6, 6.07) is 6.27. The van der Waals surface area contributed by atoms with E-state index >= 15 is 0 Å². The minimum atomic E-state index is 0.0861. The molecule has 1 aliphatic heterocycles. The number of hydrogen-bond donors (Lipinski definition) is 2. The van der Waals surface area contributed by atoms with E-state index in [-0.39, 0.29) is 11.8 Å². The van der Waals surface area contributed by atoms with Crippen LogP contribution in [0, 0.1) is 30.6 Å². The van der Waals surface area contributed by atoms with Crippen LogP contribution in [-0.4, -0.2) is 31.8 Å². The lowest BCUT2D eigenvalue weighted by Crippen LogP contribution is -2.48. The summed E-state index contributed by atoms with van der Waals surface area (Å²) < 4.78 is 11.5. The average Bonchev–Trinajstić information content (AvgIpc) is 2.69. The van der Waals surface area contributed by atoms with Crippen molar-refractivity contribution >= 4 is 11.6 Å². The minimum Gasteiger partial charge on any atom is -0.493 e. The van der Waals surface area contributed by atoms with Crippen LogP contribution in [0.2, 0.25) is 0 Å². The molecule has 1 amide bonds. The SMILES string of the molecule is Cc1ccc(NC(=O)C2CC3CCCC(C2)C3N)cc1OCC1CCOCC1. The number of anilines is 1. The van der Waals surface area contributed by atoms with Crippen LogP contribution in [0.15, 0.2) is 18.2 Å². The molecule has 0 spiro atoms. The van der Waals surface area contributed by atoms with Crippen molar-refractivity contribution in [1.29, 1.82) is 0 Å². The standard InChI is InChI=1S/C23H34N2O3/c1-15-5-6-20(13-21(15)28-14-16-7-9-27-10-8-16)25-23(26)19-11-17-3-2-4-18(12-19)22(17)24/h5-6,13,16-19,22H,2-4,7-12,14,24H2,1H3,(H,25,26). The Morgan fingerprint density at radius 3 is 2.61 bits per heavy atom. The quantitative estimate of drug-likeness (QED) is 0.805. The number of carbonyl (C=O) groups is 1. The van der Waals surface area contributed by atoms with E-state index in [2.05, 4.69) is 12.2 Å². The zero-order valence-corrected chi connectivity index (χ0v) is 17.0. The molecule has 154 valence electrons. The Kier molecular flexibility index (Phi) is 6.22. The predicted molar refractivity (Wildman–Crippen MR) is 110 cm³/mol. The molecule has 1 aromatic rings. The molecule has 1 aromatic carbocycles. The molecule has 0 aromatic heterocycles. The van der Waals surface area contributed by atoms with Gasteiger partial charge in [-0.25, -0.2) is 0 Å². The number of nitrogens with one attached hydrogen (secondary N) is 1. The van der Waals surface area contributed by atoms with Gasteiger partial charge in [0.25, 0.3) is 0 Å². The highest BCUT2D eigenvalue weighted by molar-refractivity contribution is 5.92. The minimum absolute atomic E-state index is 0.0861. The first kappa shape index (κ1) is 19.7. The lowest BCUT2D eigenvalue weighted by atomic mass is 9.65. The third-order valence-electron chi connectivity index (χ3n) is 7.05. The molecule has 2 bridgehead atoms. The Morgan fingerprint density at radius 2 is 1.89 bits per heavy atom. The van der Waals surface area contributed by atoms with Gasteiger partial charge >= 0.3 is 0 Å². The second kappa shape index (κ2) is 8.83. The second-order valence-electron chi connectivity index (χ2n) is 9.03. The molecular weight excluding hydrogens is 352 g/mol. The summed E-state index contributed by atoms with van der Waals surface area (Å²) in [5.74, 6) is 2.68. The number of carbonyl (C=O) groups excluding carboxylic acids is 1. The van der Waals surface area contributed by atoms with E-state index in [9.17, 15) is 4.79 Å². The number of benzene rings is 1. The summed E-state index contributed by atoms with van der Waals surface area (Å²) in [6.07, 6.45) is 7.60. The smallest absolute Gasteiger partial charge is 0.227 e. The highest BCUT2D eigenvalue weighted by Gasteiger charge is 2.40. The molecule has 2 unspecified atom stereocenters. The highest BCUT2D eigenvalue weighted by atomic mass is 16.5. The lowest BCUT2D eigenvalue weighted by molar-refractivity contribution is -0.122. The Bertz CT molecular complexity index is 672. The Labute approximate surface area is 168 Å². The monoisotopic (exact) mass is 386 g/mol. The molecule has 5 heteroatoms. The largest absolute Gasteiger partial charge is 0.493 e. The van der Waals surface area contributed by atoms with Crippen LogP contribution in [0.25, 0.3) is 0 Å². The number of ether oxygens (including phenoxy) is 2. The zero-order valence-electron chi connectivity index (χ0n) is 17.0. The summed E-state index contributed by atoms with van der Waals surface area (Å²) in [6.45, 7) is 4.42.